The van der Waals surface area contributed by atoms with Crippen LogP contribution in [0.15, 0.2) is 18.3 Å². The quantitative estimate of drug-likeness (QED) is 0.882. The molecule has 2 rings (SSSR count). The zero-order valence-corrected chi connectivity index (χ0v) is 10.4. The molecule has 1 aliphatic rings. The number of amides is 1. The highest BCUT2D eigenvalue weighted by atomic mass is 35.5. The molecule has 0 bridgehead atoms. The van der Waals surface area contributed by atoms with Crippen molar-refractivity contribution >= 4 is 23.5 Å². The van der Waals surface area contributed by atoms with Crippen molar-refractivity contribution in [2.24, 2.45) is 5.92 Å². The van der Waals surface area contributed by atoms with Gasteiger partial charge in [0.1, 0.15) is 12.2 Å². The summed E-state index contributed by atoms with van der Waals surface area (Å²) in [5, 5.41) is 9.24. The lowest BCUT2D eigenvalue weighted by Gasteiger charge is -2.20. The molecule has 1 fully saturated rings. The van der Waals surface area contributed by atoms with E-state index in [1.54, 1.807) is 6.07 Å². The third-order valence-electron chi connectivity index (χ3n) is 2.73. The molecule has 0 saturated heterocycles. The van der Waals surface area contributed by atoms with Crippen LogP contribution in [0.25, 0.3) is 0 Å². The van der Waals surface area contributed by atoms with Crippen molar-refractivity contribution in [3.8, 4) is 0 Å². The van der Waals surface area contributed by atoms with Crippen molar-refractivity contribution in [1.29, 1.82) is 0 Å². The zero-order chi connectivity index (χ0) is 13.1. The Morgan fingerprint density at radius 3 is 2.78 bits per heavy atom. The first-order chi connectivity index (χ1) is 8.56. The average molecular weight is 269 g/mol. The lowest BCUT2D eigenvalue weighted by molar-refractivity contribution is -0.137. The van der Waals surface area contributed by atoms with E-state index in [0.29, 0.717) is 17.5 Å². The normalized spacial score (nSPS) is 14.3. The maximum absolute atomic E-state index is 12.1. The number of aliphatic carboxylic acids is 1. The number of halogens is 1. The van der Waals surface area contributed by atoms with Gasteiger partial charge >= 0.3 is 5.97 Å². The van der Waals surface area contributed by atoms with Crippen LogP contribution in [0.1, 0.15) is 23.3 Å². The van der Waals surface area contributed by atoms with Crippen LogP contribution in [0.4, 0.5) is 0 Å². The Bertz CT molecular complexity index is 474. The Balaban J connectivity index is 2.12. The second kappa shape index (κ2) is 5.35. The second-order valence-electron chi connectivity index (χ2n) is 4.38. The fourth-order valence-electron chi connectivity index (χ4n) is 1.68. The van der Waals surface area contributed by atoms with Crippen LogP contribution in [-0.4, -0.2) is 40.0 Å². The summed E-state index contributed by atoms with van der Waals surface area (Å²) in [6.45, 7) is 0.169. The topological polar surface area (TPSA) is 70.5 Å². The number of nitrogens with zero attached hydrogens (tertiary/aromatic N) is 2. The number of hydrogen-bond acceptors (Lipinski definition) is 3. The van der Waals surface area contributed by atoms with Gasteiger partial charge in [-0.25, -0.2) is 0 Å². The van der Waals surface area contributed by atoms with Crippen LogP contribution in [0.5, 0.6) is 0 Å². The first kappa shape index (κ1) is 12.8. The fraction of sp³-hybridized carbons (Fsp3) is 0.417. The highest BCUT2D eigenvalue weighted by Gasteiger charge is 2.28. The predicted molar refractivity (Wildman–Crippen MR) is 65.5 cm³/mol. The van der Waals surface area contributed by atoms with Gasteiger partial charge in [-0.3, -0.25) is 14.6 Å². The molecule has 0 aromatic carbocycles. The molecule has 96 valence electrons. The standard InChI is InChI=1S/C12H13ClN2O3/c13-9-3-4-14-10(5-9)12(18)15(7-11(16)17)6-8-1-2-8/h3-5,8H,1-2,6-7H2,(H,16,17). The Morgan fingerprint density at radius 1 is 1.50 bits per heavy atom. The van der Waals surface area contributed by atoms with Gasteiger partial charge in [-0.1, -0.05) is 11.6 Å². The van der Waals surface area contributed by atoms with Crippen LogP contribution in [0, 0.1) is 5.92 Å². The Labute approximate surface area is 109 Å². The molecule has 0 aliphatic heterocycles. The molecule has 6 heteroatoms. The number of carboxylic acid groups (broad SMARTS) is 1. The molecule has 1 saturated carbocycles. The summed E-state index contributed by atoms with van der Waals surface area (Å²) in [7, 11) is 0. The van der Waals surface area contributed by atoms with Gasteiger partial charge in [0.2, 0.25) is 0 Å². The highest BCUT2D eigenvalue weighted by molar-refractivity contribution is 6.30. The maximum atomic E-state index is 12.1. The van der Waals surface area contributed by atoms with E-state index < -0.39 is 5.97 Å². The molecule has 0 atom stereocenters. The van der Waals surface area contributed by atoms with Crippen LogP contribution in [0.3, 0.4) is 0 Å². The SMILES string of the molecule is O=C(O)CN(CC1CC1)C(=O)c1cc(Cl)ccn1. The summed E-state index contributed by atoms with van der Waals surface area (Å²) in [5.74, 6) is -0.981. The predicted octanol–water partition coefficient (Wildman–Crippen LogP) is 1.67. The minimum absolute atomic E-state index is 0.185. The van der Waals surface area contributed by atoms with E-state index in [1.165, 1.54) is 17.2 Å². The summed E-state index contributed by atoms with van der Waals surface area (Å²) >= 11 is 5.79. The number of pyridine rings is 1. The number of aromatic nitrogens is 1. The van der Waals surface area contributed by atoms with Gasteiger partial charge in [0, 0.05) is 17.8 Å². The van der Waals surface area contributed by atoms with E-state index in [0.717, 1.165) is 12.8 Å². The van der Waals surface area contributed by atoms with Gasteiger partial charge < -0.3 is 10.0 Å². The molecule has 18 heavy (non-hydrogen) atoms. The van der Waals surface area contributed by atoms with Crippen molar-refractivity contribution in [3.05, 3.63) is 29.0 Å². The minimum atomic E-state index is -1.02. The summed E-state index contributed by atoms with van der Waals surface area (Å²) in [5.41, 5.74) is 0.185. The summed E-state index contributed by atoms with van der Waals surface area (Å²) < 4.78 is 0. The van der Waals surface area contributed by atoms with E-state index >= 15 is 0 Å². The van der Waals surface area contributed by atoms with Crippen LogP contribution < -0.4 is 0 Å². The number of hydrogen-bond donors (Lipinski definition) is 1. The molecule has 0 spiro atoms. The van der Waals surface area contributed by atoms with Gasteiger partial charge in [-0.05, 0) is 30.9 Å². The summed E-state index contributed by atoms with van der Waals surface area (Å²) in [4.78, 5) is 28.2. The summed E-state index contributed by atoms with van der Waals surface area (Å²) in [6, 6.07) is 3.02. The van der Waals surface area contributed by atoms with Crippen molar-refractivity contribution in [1.82, 2.24) is 9.88 Å². The van der Waals surface area contributed by atoms with Crippen molar-refractivity contribution in [2.75, 3.05) is 13.1 Å². The second-order valence-corrected chi connectivity index (χ2v) is 4.82. The Morgan fingerprint density at radius 2 is 2.22 bits per heavy atom. The van der Waals surface area contributed by atoms with E-state index in [2.05, 4.69) is 4.98 Å². The molecular formula is C12H13ClN2O3. The molecule has 1 aromatic heterocycles. The van der Waals surface area contributed by atoms with Crippen LogP contribution >= 0.6 is 11.6 Å². The molecule has 5 nitrogen and oxygen atoms in total. The van der Waals surface area contributed by atoms with Gasteiger partial charge in [0.05, 0.1) is 0 Å². The molecule has 0 unspecified atom stereocenters. The first-order valence-electron chi connectivity index (χ1n) is 5.69. The molecule has 1 N–H and O–H groups in total. The van der Waals surface area contributed by atoms with Crippen molar-refractivity contribution in [3.63, 3.8) is 0 Å². The third kappa shape index (κ3) is 3.43. The van der Waals surface area contributed by atoms with E-state index in [4.69, 9.17) is 16.7 Å². The van der Waals surface area contributed by atoms with Gasteiger partial charge in [-0.2, -0.15) is 0 Å². The molecule has 1 amide bonds. The smallest absolute Gasteiger partial charge is 0.323 e. The fourth-order valence-corrected chi connectivity index (χ4v) is 1.84. The van der Waals surface area contributed by atoms with Gasteiger partial charge in [-0.15, -0.1) is 0 Å². The van der Waals surface area contributed by atoms with Crippen molar-refractivity contribution < 1.29 is 14.7 Å². The average Bonchev–Trinajstić information content (AvgIpc) is 3.10. The van der Waals surface area contributed by atoms with Crippen LogP contribution in [-0.2, 0) is 4.79 Å². The lowest BCUT2D eigenvalue weighted by atomic mass is 10.3. The molecule has 1 aromatic rings. The van der Waals surface area contributed by atoms with E-state index in [1.807, 2.05) is 0 Å². The number of carbonyl (C=O) groups is 2. The number of rotatable bonds is 5. The van der Waals surface area contributed by atoms with Crippen molar-refractivity contribution in [2.45, 2.75) is 12.8 Å². The zero-order valence-electron chi connectivity index (χ0n) is 9.67. The van der Waals surface area contributed by atoms with E-state index in [-0.39, 0.29) is 18.1 Å². The minimum Gasteiger partial charge on any atom is -0.480 e. The van der Waals surface area contributed by atoms with E-state index in [9.17, 15) is 9.59 Å². The third-order valence-corrected chi connectivity index (χ3v) is 2.97. The van der Waals surface area contributed by atoms with Crippen LogP contribution in [0.2, 0.25) is 5.02 Å². The first-order valence-corrected chi connectivity index (χ1v) is 6.06. The molecular weight excluding hydrogens is 256 g/mol. The van der Waals surface area contributed by atoms with Gasteiger partial charge in [0.25, 0.3) is 5.91 Å². The maximum Gasteiger partial charge on any atom is 0.323 e. The molecule has 1 aliphatic carbocycles. The monoisotopic (exact) mass is 268 g/mol. The molecule has 0 radical (unpaired) electrons. The van der Waals surface area contributed by atoms with Gasteiger partial charge in [0.15, 0.2) is 0 Å². The highest BCUT2D eigenvalue weighted by Crippen LogP contribution is 2.30. The Hall–Kier alpha value is -1.62. The number of carbonyl (C=O) groups excluding carboxylic acids is 1. The number of carboxylic acids is 1. The largest absolute Gasteiger partial charge is 0.480 e. The molecule has 1 heterocycles. The summed E-state index contributed by atoms with van der Waals surface area (Å²) in [6.07, 6.45) is 3.53. The lowest BCUT2D eigenvalue weighted by Crippen LogP contribution is -2.37. The Kier molecular flexibility index (Phi) is 3.81.